The van der Waals surface area contributed by atoms with Crippen LogP contribution in [0.15, 0.2) is 52.0 Å². The molecule has 0 aliphatic carbocycles. The predicted molar refractivity (Wildman–Crippen MR) is 107 cm³/mol. The number of benzene rings is 1. The molecule has 27 heavy (non-hydrogen) atoms. The zero-order chi connectivity index (χ0) is 19.8. The maximum atomic E-state index is 12.9. The van der Waals surface area contributed by atoms with E-state index in [0.717, 1.165) is 9.54 Å². The number of hydrogen-bond acceptors (Lipinski definition) is 5. The van der Waals surface area contributed by atoms with Crippen molar-refractivity contribution in [2.45, 2.75) is 37.3 Å². The fourth-order valence-electron chi connectivity index (χ4n) is 2.24. The first kappa shape index (κ1) is 19.4. The van der Waals surface area contributed by atoms with Crippen LogP contribution < -0.4 is 0 Å². The number of fused-ring (bicyclic) bond motifs is 1. The zero-order valence-corrected chi connectivity index (χ0v) is 17.1. The fraction of sp³-hybridized carbons (Fsp3) is 0.278. The summed E-state index contributed by atoms with van der Waals surface area (Å²) in [6.07, 6.45) is 4.22. The lowest BCUT2D eigenvalue weighted by Crippen LogP contribution is -2.19. The van der Waals surface area contributed by atoms with Crippen LogP contribution in [0.2, 0.25) is 0 Å². The van der Waals surface area contributed by atoms with Gasteiger partial charge < -0.3 is 0 Å². The Labute approximate surface area is 160 Å². The van der Waals surface area contributed by atoms with Crippen molar-refractivity contribution in [2.24, 2.45) is 4.40 Å². The summed E-state index contributed by atoms with van der Waals surface area (Å²) in [5.74, 6) is 0. The van der Waals surface area contributed by atoms with Gasteiger partial charge in [0.05, 0.1) is 22.1 Å². The highest BCUT2D eigenvalue weighted by Gasteiger charge is 2.21. The average molecular weight is 405 g/mol. The van der Waals surface area contributed by atoms with Crippen LogP contribution in [-0.2, 0) is 21.0 Å². The van der Waals surface area contributed by atoms with E-state index in [-0.39, 0.29) is 10.5 Å². The van der Waals surface area contributed by atoms with Crippen LogP contribution in [0.3, 0.4) is 0 Å². The van der Waals surface area contributed by atoms with Gasteiger partial charge in [-0.05, 0) is 45.9 Å². The number of nitrogens with zero attached hydrogens (tertiary/aromatic N) is 4. The van der Waals surface area contributed by atoms with Gasteiger partial charge >= 0.3 is 0 Å². The maximum Gasteiger partial charge on any atom is 0.269 e. The number of rotatable bonds is 4. The fourth-order valence-corrected chi connectivity index (χ4v) is 4.06. The van der Waals surface area contributed by atoms with Crippen molar-refractivity contribution in [3.8, 4) is 0 Å². The molecular weight excluding hydrogens is 384 g/mol. The van der Waals surface area contributed by atoms with Gasteiger partial charge in [0, 0.05) is 6.20 Å². The molecule has 7 nitrogen and oxygen atoms in total. The lowest BCUT2D eigenvalue weighted by molar-refractivity contribution is 0.588. The van der Waals surface area contributed by atoms with Crippen molar-refractivity contribution >= 4 is 38.4 Å². The van der Waals surface area contributed by atoms with Crippen molar-refractivity contribution in [1.82, 2.24) is 13.9 Å². The van der Waals surface area contributed by atoms with Gasteiger partial charge in [-0.3, -0.25) is 0 Å². The van der Waals surface area contributed by atoms with Crippen LogP contribution in [0, 0.1) is 6.92 Å². The van der Waals surface area contributed by atoms with Gasteiger partial charge in [-0.2, -0.15) is 4.40 Å². The van der Waals surface area contributed by atoms with E-state index in [4.69, 9.17) is 0 Å². The lowest BCUT2D eigenvalue weighted by atomic mass is 10.2. The lowest BCUT2D eigenvalue weighted by Gasteiger charge is -2.12. The van der Waals surface area contributed by atoms with E-state index in [1.54, 1.807) is 30.3 Å². The SMILES string of the molecule is Cc1ccc(S(=O)(=O)n2ccc3nc(/C=N/[S@@](=O)C(C)(C)C)cnc32)cc1. The van der Waals surface area contributed by atoms with Crippen molar-refractivity contribution in [3.05, 3.63) is 54.0 Å². The van der Waals surface area contributed by atoms with Gasteiger partial charge in [-0.15, -0.1) is 0 Å². The molecule has 2 aromatic heterocycles. The first-order valence-corrected chi connectivity index (χ1v) is 10.8. The standard InChI is InChI=1S/C18H20N4O3S2/c1-13-5-7-15(8-6-13)27(24,25)22-10-9-16-17(22)19-11-14(21-16)12-20-26(23)18(2,3)4/h5-12H,1-4H3/b20-12+/t26-/m0/s1. The molecule has 0 N–H and O–H groups in total. The van der Waals surface area contributed by atoms with Gasteiger partial charge in [-0.25, -0.2) is 26.6 Å². The molecule has 9 heteroatoms. The van der Waals surface area contributed by atoms with E-state index in [2.05, 4.69) is 14.4 Å². The number of aryl methyl sites for hydroxylation is 1. The Hall–Kier alpha value is -2.39. The summed E-state index contributed by atoms with van der Waals surface area (Å²) < 4.78 is 42.4. The second kappa shape index (κ2) is 6.97. The van der Waals surface area contributed by atoms with E-state index in [1.165, 1.54) is 18.6 Å². The van der Waals surface area contributed by atoms with Crippen LogP contribution in [0.25, 0.3) is 11.2 Å². The molecular formula is C18H20N4O3S2. The molecule has 0 bridgehead atoms. The predicted octanol–water partition coefficient (Wildman–Crippen LogP) is 2.86. The molecule has 1 atom stereocenters. The van der Waals surface area contributed by atoms with Crippen molar-refractivity contribution in [2.75, 3.05) is 0 Å². The van der Waals surface area contributed by atoms with Crippen LogP contribution >= 0.6 is 0 Å². The van der Waals surface area contributed by atoms with E-state index >= 15 is 0 Å². The summed E-state index contributed by atoms with van der Waals surface area (Å²) in [5.41, 5.74) is 2.02. The first-order chi connectivity index (χ1) is 12.6. The highest BCUT2D eigenvalue weighted by molar-refractivity contribution is 7.90. The van der Waals surface area contributed by atoms with Crippen LogP contribution in [-0.4, -0.2) is 37.5 Å². The molecule has 0 saturated carbocycles. The van der Waals surface area contributed by atoms with Crippen molar-refractivity contribution < 1.29 is 12.6 Å². The Morgan fingerprint density at radius 3 is 2.44 bits per heavy atom. The Balaban J connectivity index is 1.98. The zero-order valence-electron chi connectivity index (χ0n) is 15.4. The summed E-state index contributed by atoms with van der Waals surface area (Å²) in [4.78, 5) is 8.74. The number of aromatic nitrogens is 3. The molecule has 2 heterocycles. The van der Waals surface area contributed by atoms with E-state index in [1.807, 2.05) is 27.7 Å². The minimum Gasteiger partial charge on any atom is -0.242 e. The van der Waals surface area contributed by atoms with Gasteiger partial charge in [0.1, 0.15) is 22.2 Å². The highest BCUT2D eigenvalue weighted by atomic mass is 32.2. The Morgan fingerprint density at radius 1 is 1.15 bits per heavy atom. The smallest absolute Gasteiger partial charge is 0.242 e. The Morgan fingerprint density at radius 2 is 1.81 bits per heavy atom. The van der Waals surface area contributed by atoms with Gasteiger partial charge in [0.2, 0.25) is 0 Å². The molecule has 3 rings (SSSR count). The Bertz CT molecular complexity index is 1140. The molecule has 3 aromatic rings. The minimum absolute atomic E-state index is 0.179. The first-order valence-electron chi connectivity index (χ1n) is 8.21. The molecule has 0 spiro atoms. The molecule has 0 amide bonds. The molecule has 142 valence electrons. The van der Waals surface area contributed by atoms with Gasteiger partial charge in [-0.1, -0.05) is 17.7 Å². The van der Waals surface area contributed by atoms with E-state index in [0.29, 0.717) is 11.2 Å². The topological polar surface area (TPSA) is 94.3 Å². The normalized spacial score (nSPS) is 14.1. The van der Waals surface area contributed by atoms with Crippen LogP contribution in [0.4, 0.5) is 0 Å². The second-order valence-electron chi connectivity index (χ2n) is 7.03. The summed E-state index contributed by atoms with van der Waals surface area (Å²) >= 11 is 0. The largest absolute Gasteiger partial charge is 0.269 e. The van der Waals surface area contributed by atoms with E-state index < -0.39 is 25.8 Å². The van der Waals surface area contributed by atoms with E-state index in [9.17, 15) is 12.6 Å². The van der Waals surface area contributed by atoms with Gasteiger partial charge in [0.25, 0.3) is 10.0 Å². The molecule has 0 radical (unpaired) electrons. The van der Waals surface area contributed by atoms with Crippen LogP contribution in [0.5, 0.6) is 0 Å². The number of hydrogen-bond donors (Lipinski definition) is 0. The summed E-state index contributed by atoms with van der Waals surface area (Å²) in [6, 6.07) is 8.19. The molecule has 0 aliphatic rings. The minimum atomic E-state index is -3.77. The third kappa shape index (κ3) is 3.98. The molecule has 0 aliphatic heterocycles. The quantitative estimate of drug-likeness (QED) is 0.623. The highest BCUT2D eigenvalue weighted by Crippen LogP contribution is 2.20. The molecule has 1 aromatic carbocycles. The average Bonchev–Trinajstić information content (AvgIpc) is 3.03. The second-order valence-corrected chi connectivity index (χ2v) is 10.8. The van der Waals surface area contributed by atoms with Gasteiger partial charge in [0.15, 0.2) is 5.65 Å². The molecule has 0 saturated heterocycles. The molecule has 0 fully saturated rings. The summed E-state index contributed by atoms with van der Waals surface area (Å²) in [6.45, 7) is 7.37. The Kier molecular flexibility index (Phi) is 5.00. The van der Waals surface area contributed by atoms with Crippen LogP contribution in [0.1, 0.15) is 32.0 Å². The molecule has 0 unspecified atom stereocenters. The maximum absolute atomic E-state index is 12.9. The summed E-state index contributed by atoms with van der Waals surface area (Å²) in [7, 11) is -5.17. The third-order valence-electron chi connectivity index (χ3n) is 3.76. The summed E-state index contributed by atoms with van der Waals surface area (Å²) in [5, 5.41) is 0. The van der Waals surface area contributed by atoms with Crippen molar-refractivity contribution in [1.29, 1.82) is 0 Å². The van der Waals surface area contributed by atoms with Crippen molar-refractivity contribution in [3.63, 3.8) is 0 Å². The third-order valence-corrected chi connectivity index (χ3v) is 6.78. The monoisotopic (exact) mass is 404 g/mol.